The highest BCUT2D eigenvalue weighted by Gasteiger charge is 2.62. The van der Waals surface area contributed by atoms with Gasteiger partial charge in [-0.1, -0.05) is 36.4 Å². The molecule has 2 aliphatic heterocycles. The van der Waals surface area contributed by atoms with Crippen molar-refractivity contribution < 1.29 is 23.1 Å². The number of amidine groups is 1. The van der Waals surface area contributed by atoms with Crippen LogP contribution in [0.1, 0.15) is 45.4 Å². The molecule has 3 aromatic carbocycles. The van der Waals surface area contributed by atoms with Gasteiger partial charge in [0.25, 0.3) is 5.91 Å². The molecule has 0 spiro atoms. The molecule has 42 heavy (non-hydrogen) atoms. The smallest absolute Gasteiger partial charge is 0.251 e. The number of hydrogen-bond acceptors (Lipinski definition) is 8. The molecular formula is C30H31N5O5S2. The fourth-order valence-corrected chi connectivity index (χ4v) is 8.22. The molecule has 10 nitrogen and oxygen atoms in total. The number of aliphatic hydroxyl groups is 1. The first-order chi connectivity index (χ1) is 20.1. The number of nitrogens with zero attached hydrogens (tertiary/aromatic N) is 1. The van der Waals surface area contributed by atoms with Crippen LogP contribution in [0.4, 0.5) is 0 Å². The maximum Gasteiger partial charge on any atom is 0.251 e. The summed E-state index contributed by atoms with van der Waals surface area (Å²) in [5.74, 6) is -0.477. The molecule has 218 valence electrons. The number of thiazole rings is 1. The van der Waals surface area contributed by atoms with Crippen LogP contribution in [0.3, 0.4) is 0 Å². The average molecular weight is 606 g/mol. The molecule has 1 aliphatic carbocycles. The summed E-state index contributed by atoms with van der Waals surface area (Å²) in [5, 5.41) is 20.8. The van der Waals surface area contributed by atoms with E-state index >= 15 is 0 Å². The summed E-state index contributed by atoms with van der Waals surface area (Å²) in [6.45, 7) is 0.839. The van der Waals surface area contributed by atoms with E-state index in [4.69, 9.17) is 20.9 Å². The van der Waals surface area contributed by atoms with Gasteiger partial charge in [0, 0.05) is 23.1 Å². The van der Waals surface area contributed by atoms with Crippen LogP contribution >= 0.6 is 11.3 Å². The molecular weight excluding hydrogens is 574 g/mol. The topological polar surface area (TPSA) is 167 Å². The van der Waals surface area contributed by atoms with Crippen molar-refractivity contribution in [3.63, 3.8) is 0 Å². The summed E-state index contributed by atoms with van der Waals surface area (Å²) < 4.78 is 37.0. The van der Waals surface area contributed by atoms with Crippen LogP contribution in [0, 0.1) is 10.8 Å². The number of nitrogen functional groups attached to an aromatic ring is 1. The molecule has 3 heterocycles. The van der Waals surface area contributed by atoms with Crippen molar-refractivity contribution in [2.75, 3.05) is 19.8 Å². The molecule has 1 saturated carbocycles. The quantitative estimate of drug-likeness (QED) is 0.129. The summed E-state index contributed by atoms with van der Waals surface area (Å²) >= 11 is 1.41. The molecule has 3 aliphatic rings. The van der Waals surface area contributed by atoms with Gasteiger partial charge in [-0.3, -0.25) is 10.2 Å². The zero-order valence-corrected chi connectivity index (χ0v) is 24.3. The maximum atomic E-state index is 13.7. The summed E-state index contributed by atoms with van der Waals surface area (Å²) in [6, 6.07) is 19.9. The van der Waals surface area contributed by atoms with Crippen molar-refractivity contribution in [1.82, 2.24) is 15.0 Å². The minimum absolute atomic E-state index is 0.0445. The van der Waals surface area contributed by atoms with Crippen molar-refractivity contribution in [2.24, 2.45) is 11.1 Å². The summed E-state index contributed by atoms with van der Waals surface area (Å²) in [6.07, 6.45) is 1.66. The van der Waals surface area contributed by atoms with Crippen LogP contribution in [0.25, 0.3) is 10.2 Å². The molecule has 0 unspecified atom stereocenters. The van der Waals surface area contributed by atoms with E-state index in [0.717, 1.165) is 15.8 Å². The molecule has 3 fully saturated rings. The van der Waals surface area contributed by atoms with Crippen LogP contribution in [0.2, 0.25) is 0 Å². The van der Waals surface area contributed by atoms with Crippen molar-refractivity contribution in [2.45, 2.75) is 35.8 Å². The molecule has 7 rings (SSSR count). The molecule has 2 bridgehead atoms. The minimum Gasteiger partial charge on any atom is -0.396 e. The van der Waals surface area contributed by atoms with Gasteiger partial charge >= 0.3 is 0 Å². The van der Waals surface area contributed by atoms with Crippen molar-refractivity contribution in [1.29, 1.82) is 5.41 Å². The third-order valence-electron chi connectivity index (χ3n) is 7.98. The summed E-state index contributed by atoms with van der Waals surface area (Å²) in [4.78, 5) is 17.7. The van der Waals surface area contributed by atoms with E-state index in [1.165, 1.54) is 29.5 Å². The molecule has 2 saturated heterocycles. The number of hydrogen-bond donors (Lipinski definition) is 5. The Morgan fingerprint density at radius 2 is 1.86 bits per heavy atom. The highest BCUT2D eigenvalue weighted by molar-refractivity contribution is 7.89. The number of aliphatic hydroxyl groups excluding tert-OH is 1. The van der Waals surface area contributed by atoms with Gasteiger partial charge in [0.1, 0.15) is 10.8 Å². The van der Waals surface area contributed by atoms with Crippen molar-refractivity contribution in [3.8, 4) is 0 Å². The number of ether oxygens (including phenoxy) is 1. The number of fused-ring (bicyclic) bond motifs is 2. The standard InChI is InChI=1S/C30H31N5O5S2/c31-26(32)20-6-3-5-19(11-20)12-24(28-34-23-9-1-2-10-25(23)41-28)35-42(38,39)22-8-4-7-21(13-22)27(37)33-16-30-14-29(15-30,17-36)18-40-30/h1-11,13,24,35-36H,12,14-18H2,(H3,31,32)(H,33,37)/t24-,29?,30?/m0/s1. The van der Waals surface area contributed by atoms with Crippen LogP contribution in [0.5, 0.6) is 0 Å². The Labute approximate surface area is 247 Å². The van der Waals surface area contributed by atoms with E-state index in [9.17, 15) is 18.3 Å². The average Bonchev–Trinajstić information content (AvgIpc) is 3.68. The maximum absolute atomic E-state index is 13.7. The second-order valence-electron chi connectivity index (χ2n) is 11.2. The summed E-state index contributed by atoms with van der Waals surface area (Å²) in [5.41, 5.74) is 7.34. The lowest BCUT2D eigenvalue weighted by Crippen LogP contribution is -2.52. The van der Waals surface area contributed by atoms with Gasteiger partial charge in [-0.25, -0.2) is 18.1 Å². The van der Waals surface area contributed by atoms with Gasteiger partial charge in [-0.05, 0) is 61.2 Å². The van der Waals surface area contributed by atoms with E-state index in [-0.39, 0.29) is 34.7 Å². The van der Waals surface area contributed by atoms with Crippen LogP contribution in [-0.2, 0) is 21.2 Å². The van der Waals surface area contributed by atoms with Gasteiger partial charge in [0.15, 0.2) is 0 Å². The number of sulfonamides is 1. The van der Waals surface area contributed by atoms with Gasteiger partial charge in [-0.15, -0.1) is 11.3 Å². The Hall–Kier alpha value is -3.68. The lowest BCUT2D eigenvalue weighted by molar-refractivity contribution is -0.0256. The van der Waals surface area contributed by atoms with E-state index in [2.05, 4.69) is 10.0 Å². The monoisotopic (exact) mass is 605 g/mol. The van der Waals surface area contributed by atoms with E-state index in [1.807, 2.05) is 30.3 Å². The van der Waals surface area contributed by atoms with Gasteiger partial charge < -0.3 is 20.9 Å². The largest absolute Gasteiger partial charge is 0.396 e. The Balaban J connectivity index is 1.23. The van der Waals surface area contributed by atoms with E-state index in [0.29, 0.717) is 36.6 Å². The first-order valence-electron chi connectivity index (χ1n) is 13.5. The lowest BCUT2D eigenvalue weighted by Gasteiger charge is -2.43. The zero-order valence-electron chi connectivity index (χ0n) is 22.7. The molecule has 1 amide bonds. The fourth-order valence-electron chi connectivity index (χ4n) is 5.88. The molecule has 4 aromatic rings. The summed E-state index contributed by atoms with van der Waals surface area (Å²) in [7, 11) is -4.08. The first-order valence-corrected chi connectivity index (χ1v) is 15.8. The Bertz CT molecular complexity index is 1750. The van der Waals surface area contributed by atoms with Crippen molar-refractivity contribution >= 4 is 43.3 Å². The zero-order chi connectivity index (χ0) is 29.5. The predicted molar refractivity (Wildman–Crippen MR) is 160 cm³/mol. The Kier molecular flexibility index (Phi) is 7.36. The highest BCUT2D eigenvalue weighted by atomic mass is 32.2. The molecule has 12 heteroatoms. The number of nitrogens with one attached hydrogen (secondary N) is 3. The lowest BCUT2D eigenvalue weighted by atomic mass is 9.63. The number of rotatable bonds is 11. The number of carbonyl (C=O) groups is 1. The molecule has 1 aromatic heterocycles. The molecule has 6 N–H and O–H groups in total. The van der Waals surface area contributed by atoms with Crippen LogP contribution < -0.4 is 15.8 Å². The SMILES string of the molecule is N=C(N)c1cccc(C[C@H](NS(=O)(=O)c2cccc(C(=O)NCC34CC(CO)(CO3)C4)c2)c2nc3ccccc3s2)c1. The van der Waals surface area contributed by atoms with Gasteiger partial charge in [-0.2, -0.15) is 0 Å². The minimum atomic E-state index is -4.08. The van der Waals surface area contributed by atoms with Gasteiger partial charge in [0.2, 0.25) is 10.0 Å². The third-order valence-corrected chi connectivity index (χ3v) is 10.6. The van der Waals surface area contributed by atoms with Crippen LogP contribution in [0.15, 0.2) is 77.7 Å². The first kappa shape index (κ1) is 28.4. The number of benzene rings is 3. The van der Waals surface area contributed by atoms with Crippen molar-refractivity contribution in [3.05, 3.63) is 94.5 Å². The van der Waals surface area contributed by atoms with E-state index in [1.54, 1.807) is 24.3 Å². The second-order valence-corrected chi connectivity index (χ2v) is 14.0. The Morgan fingerprint density at radius 1 is 1.10 bits per heavy atom. The predicted octanol–water partition coefficient (Wildman–Crippen LogP) is 3.11. The second kappa shape index (κ2) is 10.9. The number of carbonyl (C=O) groups excluding carboxylic acids is 1. The number of nitrogens with two attached hydrogens (primary N) is 1. The molecule has 0 radical (unpaired) electrons. The third kappa shape index (κ3) is 5.55. The van der Waals surface area contributed by atoms with E-state index < -0.39 is 27.6 Å². The highest BCUT2D eigenvalue weighted by Crippen LogP contribution is 2.57. The normalized spacial score (nSPS) is 22.0. The Morgan fingerprint density at radius 3 is 2.60 bits per heavy atom. The van der Waals surface area contributed by atoms with Gasteiger partial charge in [0.05, 0.1) is 40.0 Å². The van der Waals surface area contributed by atoms with Crippen LogP contribution in [-0.4, -0.2) is 55.6 Å². The number of amides is 1. The number of aromatic nitrogens is 1. The molecule has 1 atom stereocenters. The number of para-hydroxylation sites is 1. The fraction of sp³-hybridized carbons (Fsp3) is 0.300.